The van der Waals surface area contributed by atoms with Gasteiger partial charge in [0, 0.05) is 36.7 Å². The quantitative estimate of drug-likeness (QED) is 0.674. The minimum absolute atomic E-state index is 0.0394. The molecule has 6 unspecified atom stereocenters. The van der Waals surface area contributed by atoms with Crippen molar-refractivity contribution < 1.29 is 23.8 Å². The molecular weight excluding hydrogens is 370 g/mol. The van der Waals surface area contributed by atoms with E-state index in [0.29, 0.717) is 13.0 Å². The Labute approximate surface area is 172 Å². The number of allylic oxidation sites excluding steroid dienone is 1. The lowest BCUT2D eigenvalue weighted by molar-refractivity contribution is -0.343. The maximum atomic E-state index is 13.5. The summed E-state index contributed by atoms with van der Waals surface area (Å²) in [5.41, 5.74) is -0.326. The molecule has 2 aliphatic heterocycles. The Bertz CT molecular complexity index is 814. The average Bonchev–Trinajstić information content (AvgIpc) is 2.71. The molecule has 4 fully saturated rings. The number of methoxy groups -OCH3 is 2. The van der Waals surface area contributed by atoms with Gasteiger partial charge in [-0.2, -0.15) is 5.26 Å². The van der Waals surface area contributed by atoms with Crippen LogP contribution in [0.2, 0.25) is 0 Å². The molecule has 0 aromatic carbocycles. The van der Waals surface area contributed by atoms with Crippen LogP contribution in [0.4, 0.5) is 0 Å². The van der Waals surface area contributed by atoms with E-state index in [1.54, 1.807) is 7.11 Å². The fourth-order valence-corrected chi connectivity index (χ4v) is 7.23. The maximum Gasteiger partial charge on any atom is 0.311 e. The lowest BCUT2D eigenvalue weighted by atomic mass is 9.42. The molecular formula is C23H31NO5. The molecule has 0 aromatic heterocycles. The molecule has 6 heteroatoms. The van der Waals surface area contributed by atoms with Gasteiger partial charge < -0.3 is 14.2 Å². The molecule has 0 aromatic rings. The van der Waals surface area contributed by atoms with E-state index in [0.717, 1.165) is 24.8 Å². The number of esters is 1. The van der Waals surface area contributed by atoms with Crippen LogP contribution in [0.1, 0.15) is 52.9 Å². The second kappa shape index (κ2) is 6.39. The lowest BCUT2D eigenvalue weighted by Gasteiger charge is -2.67. The predicted molar refractivity (Wildman–Crippen MR) is 104 cm³/mol. The Kier molecular flexibility index (Phi) is 4.53. The van der Waals surface area contributed by atoms with Gasteiger partial charge in [0.25, 0.3) is 0 Å². The molecule has 6 nitrogen and oxygen atoms in total. The molecule has 5 rings (SSSR count). The third-order valence-electron chi connectivity index (χ3n) is 8.90. The van der Waals surface area contributed by atoms with Crippen molar-refractivity contribution in [2.75, 3.05) is 20.8 Å². The van der Waals surface area contributed by atoms with Crippen LogP contribution in [0.5, 0.6) is 0 Å². The number of nitrogens with zero attached hydrogens (tertiary/aromatic N) is 1. The first-order valence-electron chi connectivity index (χ1n) is 10.5. The highest BCUT2D eigenvalue weighted by Gasteiger charge is 2.70. The van der Waals surface area contributed by atoms with Gasteiger partial charge >= 0.3 is 5.97 Å². The minimum Gasteiger partial charge on any atom is -0.469 e. The van der Waals surface area contributed by atoms with E-state index in [1.165, 1.54) is 7.11 Å². The summed E-state index contributed by atoms with van der Waals surface area (Å²) in [6.07, 6.45) is 5.03. The van der Waals surface area contributed by atoms with E-state index in [1.807, 2.05) is 13.0 Å². The van der Waals surface area contributed by atoms with Gasteiger partial charge in [-0.15, -0.1) is 0 Å². The van der Waals surface area contributed by atoms with Crippen LogP contribution < -0.4 is 0 Å². The first-order chi connectivity index (χ1) is 13.6. The van der Waals surface area contributed by atoms with E-state index >= 15 is 0 Å². The van der Waals surface area contributed by atoms with Crippen molar-refractivity contribution in [1.29, 1.82) is 5.26 Å². The van der Waals surface area contributed by atoms with Gasteiger partial charge in [0.2, 0.25) is 0 Å². The number of ketones is 1. The molecule has 2 heterocycles. The summed E-state index contributed by atoms with van der Waals surface area (Å²) in [5, 5.41) is 9.52. The normalized spacial score (nSPS) is 44.9. The Balaban J connectivity index is 1.84. The highest BCUT2D eigenvalue weighted by Crippen LogP contribution is 2.69. The van der Waals surface area contributed by atoms with Crippen LogP contribution in [0.25, 0.3) is 0 Å². The van der Waals surface area contributed by atoms with Crippen molar-refractivity contribution in [3.63, 3.8) is 0 Å². The number of ether oxygens (including phenoxy) is 3. The fourth-order valence-electron chi connectivity index (χ4n) is 7.23. The van der Waals surface area contributed by atoms with Crippen molar-refractivity contribution in [1.82, 2.24) is 0 Å². The summed E-state index contributed by atoms with van der Waals surface area (Å²) >= 11 is 0. The number of nitriles is 1. The molecule has 6 atom stereocenters. The van der Waals surface area contributed by atoms with Crippen molar-refractivity contribution in [3.8, 4) is 6.07 Å². The third-order valence-corrected chi connectivity index (χ3v) is 8.90. The summed E-state index contributed by atoms with van der Waals surface area (Å²) in [4.78, 5) is 26.2. The Morgan fingerprint density at radius 3 is 2.55 bits per heavy atom. The molecule has 2 bridgehead atoms. The number of carbonyl (C=O) groups excluding carboxylic acids is 2. The van der Waals surface area contributed by atoms with Gasteiger partial charge in [-0.1, -0.05) is 13.8 Å². The SMILES string of the molecule is COC(=O)C1(C)CCC2C(C(=O)C=C3C24CCC(OC)(OC4)C3(C)C)C1CC#N. The van der Waals surface area contributed by atoms with E-state index < -0.39 is 16.6 Å². The largest absolute Gasteiger partial charge is 0.469 e. The van der Waals surface area contributed by atoms with Crippen molar-refractivity contribution in [2.45, 2.75) is 58.7 Å². The van der Waals surface area contributed by atoms with Crippen LogP contribution in [0, 0.1) is 45.3 Å². The van der Waals surface area contributed by atoms with Crippen LogP contribution in [0.15, 0.2) is 11.6 Å². The first kappa shape index (κ1) is 20.6. The summed E-state index contributed by atoms with van der Waals surface area (Å²) in [5.74, 6) is -1.62. The minimum atomic E-state index is -0.820. The van der Waals surface area contributed by atoms with E-state index in [4.69, 9.17) is 14.2 Å². The van der Waals surface area contributed by atoms with Crippen molar-refractivity contribution in [2.24, 2.45) is 34.0 Å². The monoisotopic (exact) mass is 401 g/mol. The van der Waals surface area contributed by atoms with Crippen LogP contribution in [-0.4, -0.2) is 38.4 Å². The molecule has 5 aliphatic rings. The number of fused-ring (bicyclic) bond motifs is 3. The van der Waals surface area contributed by atoms with E-state index in [2.05, 4.69) is 19.9 Å². The Morgan fingerprint density at radius 1 is 1.28 bits per heavy atom. The molecule has 3 aliphatic carbocycles. The predicted octanol–water partition coefficient (Wildman–Crippen LogP) is 3.41. The molecule has 1 spiro atoms. The van der Waals surface area contributed by atoms with Gasteiger partial charge in [0.1, 0.15) is 0 Å². The van der Waals surface area contributed by atoms with Crippen LogP contribution >= 0.6 is 0 Å². The Hall–Kier alpha value is -1.71. The zero-order valence-corrected chi connectivity index (χ0v) is 18.0. The zero-order valence-electron chi connectivity index (χ0n) is 18.0. The average molecular weight is 402 g/mol. The topological polar surface area (TPSA) is 85.6 Å². The molecule has 29 heavy (non-hydrogen) atoms. The van der Waals surface area contributed by atoms with Gasteiger partial charge in [0.15, 0.2) is 11.6 Å². The summed E-state index contributed by atoms with van der Waals surface area (Å²) in [7, 11) is 3.06. The highest BCUT2D eigenvalue weighted by molar-refractivity contribution is 5.95. The van der Waals surface area contributed by atoms with Crippen molar-refractivity contribution >= 4 is 11.8 Å². The fraction of sp³-hybridized carbons (Fsp3) is 0.783. The zero-order chi connectivity index (χ0) is 21.2. The van der Waals surface area contributed by atoms with Crippen molar-refractivity contribution in [3.05, 3.63) is 11.6 Å². The van der Waals surface area contributed by atoms with Gasteiger partial charge in [-0.3, -0.25) is 9.59 Å². The van der Waals surface area contributed by atoms with Gasteiger partial charge in [0.05, 0.1) is 25.2 Å². The second-order valence-corrected chi connectivity index (χ2v) is 10.0. The summed E-state index contributed by atoms with van der Waals surface area (Å²) in [6.45, 7) is 6.60. The van der Waals surface area contributed by atoms with Gasteiger partial charge in [-0.25, -0.2) is 0 Å². The molecule has 2 saturated heterocycles. The standard InChI is InChI=1S/C23H31NO5/c1-20(2)17-12-16(25)18-14(7-11-24)21(3,19(26)27-4)8-6-15(18)22(17)9-10-23(20,28-5)29-13-22/h12,14-15,18H,6-10,13H2,1-5H3. The lowest BCUT2D eigenvalue weighted by Crippen LogP contribution is -2.69. The molecule has 0 N–H and O–H groups in total. The molecule has 2 saturated carbocycles. The number of hydrogen-bond acceptors (Lipinski definition) is 6. The molecule has 0 amide bonds. The third kappa shape index (κ3) is 2.35. The molecule has 0 radical (unpaired) electrons. The maximum absolute atomic E-state index is 13.5. The van der Waals surface area contributed by atoms with E-state index in [9.17, 15) is 14.9 Å². The van der Waals surface area contributed by atoms with Crippen LogP contribution in [-0.2, 0) is 23.8 Å². The molecule has 158 valence electrons. The summed E-state index contributed by atoms with van der Waals surface area (Å²) in [6, 6.07) is 2.24. The smallest absolute Gasteiger partial charge is 0.311 e. The number of rotatable bonds is 3. The van der Waals surface area contributed by atoms with Crippen LogP contribution in [0.3, 0.4) is 0 Å². The van der Waals surface area contributed by atoms with Gasteiger partial charge in [-0.05, 0) is 49.7 Å². The van der Waals surface area contributed by atoms with E-state index in [-0.39, 0.29) is 41.3 Å². The number of carbonyl (C=O) groups is 2. The Morgan fingerprint density at radius 2 is 2.00 bits per heavy atom. The first-order valence-corrected chi connectivity index (χ1v) is 10.5. The number of hydrogen-bond donors (Lipinski definition) is 0. The second-order valence-electron chi connectivity index (χ2n) is 10.0. The summed E-state index contributed by atoms with van der Waals surface area (Å²) < 4.78 is 17.3. The highest BCUT2D eigenvalue weighted by atomic mass is 16.7.